The second kappa shape index (κ2) is 9.81. The van der Waals surface area contributed by atoms with E-state index in [1.54, 1.807) is 6.07 Å². The maximum Gasteiger partial charge on any atom is 0.323 e. The standard InChI is InChI=1S/C23H24Cl2N4O3/c24-19-4-3-5-20(25)18(19)14-29-13-15(12-28-8-1-2-9-28)17-10-16(6-7-21(17)29)27-23(32)26-11-22(30)31/h3-7,10,13H,1-2,8-9,11-12,14H2,(H,30,31)(H2,26,27,32). The fourth-order valence-electron chi connectivity index (χ4n) is 4.07. The molecule has 1 aliphatic heterocycles. The van der Waals surface area contributed by atoms with Crippen molar-refractivity contribution in [2.45, 2.75) is 25.9 Å². The van der Waals surface area contributed by atoms with E-state index in [0.717, 1.165) is 41.7 Å². The van der Waals surface area contributed by atoms with Gasteiger partial charge in [0.1, 0.15) is 6.54 Å². The van der Waals surface area contributed by atoms with Crippen molar-refractivity contribution in [1.82, 2.24) is 14.8 Å². The van der Waals surface area contributed by atoms with Gasteiger partial charge in [0.25, 0.3) is 0 Å². The molecule has 0 spiro atoms. The molecule has 0 aliphatic carbocycles. The minimum absolute atomic E-state index is 0.441. The average Bonchev–Trinajstić information content (AvgIpc) is 3.38. The summed E-state index contributed by atoms with van der Waals surface area (Å²) >= 11 is 12.8. The number of halogens is 2. The number of carboxylic acids is 1. The third kappa shape index (κ3) is 5.18. The molecule has 32 heavy (non-hydrogen) atoms. The molecule has 0 atom stereocenters. The van der Waals surface area contributed by atoms with E-state index in [1.165, 1.54) is 12.8 Å². The highest BCUT2D eigenvalue weighted by atomic mass is 35.5. The summed E-state index contributed by atoms with van der Waals surface area (Å²) in [6, 6.07) is 10.6. The van der Waals surface area contributed by atoms with Gasteiger partial charge in [0.2, 0.25) is 0 Å². The molecular weight excluding hydrogens is 451 g/mol. The highest BCUT2D eigenvalue weighted by Crippen LogP contribution is 2.31. The minimum atomic E-state index is -1.10. The molecule has 1 aromatic heterocycles. The number of benzene rings is 2. The van der Waals surface area contributed by atoms with Crippen LogP contribution in [0.5, 0.6) is 0 Å². The van der Waals surface area contributed by atoms with Gasteiger partial charge >= 0.3 is 12.0 Å². The molecule has 2 heterocycles. The quantitative estimate of drug-likeness (QED) is 0.458. The Bertz CT molecular complexity index is 1140. The Labute approximate surface area is 195 Å². The first-order valence-corrected chi connectivity index (χ1v) is 11.2. The number of rotatable bonds is 7. The maximum absolute atomic E-state index is 12.0. The number of hydrogen-bond acceptors (Lipinski definition) is 3. The molecule has 4 rings (SSSR count). The summed E-state index contributed by atoms with van der Waals surface area (Å²) in [6.45, 7) is 3.04. The number of hydrogen-bond donors (Lipinski definition) is 3. The van der Waals surface area contributed by atoms with Gasteiger partial charge in [-0.2, -0.15) is 0 Å². The molecule has 1 saturated heterocycles. The molecule has 3 aromatic rings. The largest absolute Gasteiger partial charge is 0.480 e. The van der Waals surface area contributed by atoms with Gasteiger partial charge in [-0.05, 0) is 61.8 Å². The number of urea groups is 1. The number of carbonyl (C=O) groups is 2. The van der Waals surface area contributed by atoms with Crippen LogP contribution in [0, 0.1) is 0 Å². The molecule has 168 valence electrons. The summed E-state index contributed by atoms with van der Waals surface area (Å²) in [5, 5.41) is 16.0. The van der Waals surface area contributed by atoms with Gasteiger partial charge in [0.05, 0.1) is 6.54 Å². The van der Waals surface area contributed by atoms with Crippen LogP contribution in [0.1, 0.15) is 24.0 Å². The highest BCUT2D eigenvalue weighted by molar-refractivity contribution is 6.36. The van der Waals surface area contributed by atoms with Gasteiger partial charge in [-0.3, -0.25) is 9.69 Å². The summed E-state index contributed by atoms with van der Waals surface area (Å²) < 4.78 is 2.13. The summed E-state index contributed by atoms with van der Waals surface area (Å²) in [7, 11) is 0. The lowest BCUT2D eigenvalue weighted by Crippen LogP contribution is -2.33. The lowest BCUT2D eigenvalue weighted by molar-refractivity contribution is -0.135. The normalized spacial score (nSPS) is 14.1. The lowest BCUT2D eigenvalue weighted by atomic mass is 10.1. The summed E-state index contributed by atoms with van der Waals surface area (Å²) in [6.07, 6.45) is 4.52. The van der Waals surface area contributed by atoms with Crippen molar-refractivity contribution in [1.29, 1.82) is 0 Å². The van der Waals surface area contributed by atoms with E-state index in [0.29, 0.717) is 22.3 Å². The molecule has 3 N–H and O–H groups in total. The van der Waals surface area contributed by atoms with E-state index in [4.69, 9.17) is 28.3 Å². The molecule has 1 aliphatic rings. The Hall–Kier alpha value is -2.74. The Morgan fingerprint density at radius 2 is 1.75 bits per heavy atom. The number of aromatic nitrogens is 1. The van der Waals surface area contributed by atoms with Crippen molar-refractivity contribution in [3.8, 4) is 0 Å². The second-order valence-electron chi connectivity index (χ2n) is 7.90. The van der Waals surface area contributed by atoms with Crippen LogP contribution in [0.25, 0.3) is 10.9 Å². The number of aliphatic carboxylic acids is 1. The molecule has 1 fully saturated rings. The third-order valence-electron chi connectivity index (χ3n) is 5.60. The summed E-state index contributed by atoms with van der Waals surface area (Å²) in [4.78, 5) is 25.1. The first-order valence-electron chi connectivity index (χ1n) is 10.4. The number of nitrogens with zero attached hydrogens (tertiary/aromatic N) is 2. The molecule has 9 heteroatoms. The summed E-state index contributed by atoms with van der Waals surface area (Å²) in [5.41, 5.74) is 3.61. The predicted molar refractivity (Wildman–Crippen MR) is 127 cm³/mol. The van der Waals surface area contributed by atoms with Crippen LogP contribution in [0.2, 0.25) is 10.0 Å². The van der Waals surface area contributed by atoms with Crippen LogP contribution in [0.15, 0.2) is 42.6 Å². The molecule has 7 nitrogen and oxygen atoms in total. The number of carbonyl (C=O) groups excluding carboxylic acids is 1. The smallest absolute Gasteiger partial charge is 0.323 e. The maximum atomic E-state index is 12.0. The third-order valence-corrected chi connectivity index (χ3v) is 6.31. The fraction of sp³-hybridized carbons (Fsp3) is 0.304. The monoisotopic (exact) mass is 474 g/mol. The Kier molecular flexibility index (Phi) is 6.89. The number of fused-ring (bicyclic) bond motifs is 1. The van der Waals surface area contributed by atoms with Gasteiger partial charge < -0.3 is 20.3 Å². The zero-order valence-corrected chi connectivity index (χ0v) is 18.9. The Balaban J connectivity index is 1.66. The number of likely N-dealkylation sites (tertiary alicyclic amines) is 1. The lowest BCUT2D eigenvalue weighted by Gasteiger charge is -2.13. The first-order chi connectivity index (χ1) is 15.4. The number of carboxylic acid groups (broad SMARTS) is 1. The van der Waals surface area contributed by atoms with E-state index in [2.05, 4.69) is 26.3 Å². The van der Waals surface area contributed by atoms with Gasteiger partial charge in [0, 0.05) is 44.9 Å². The topological polar surface area (TPSA) is 86.6 Å². The zero-order chi connectivity index (χ0) is 22.7. The van der Waals surface area contributed by atoms with E-state index in [1.807, 2.05) is 30.3 Å². The number of nitrogens with one attached hydrogen (secondary N) is 2. The Morgan fingerprint density at radius 1 is 1.03 bits per heavy atom. The molecule has 2 aromatic carbocycles. The van der Waals surface area contributed by atoms with Crippen LogP contribution in [-0.2, 0) is 17.9 Å². The molecule has 0 radical (unpaired) electrons. The van der Waals surface area contributed by atoms with Crippen molar-refractivity contribution in [3.63, 3.8) is 0 Å². The minimum Gasteiger partial charge on any atom is -0.480 e. The van der Waals surface area contributed by atoms with E-state index in [9.17, 15) is 9.59 Å². The van der Waals surface area contributed by atoms with E-state index < -0.39 is 18.5 Å². The van der Waals surface area contributed by atoms with Crippen LogP contribution in [0.3, 0.4) is 0 Å². The zero-order valence-electron chi connectivity index (χ0n) is 17.4. The molecule has 0 saturated carbocycles. The fourth-order valence-corrected chi connectivity index (χ4v) is 4.59. The van der Waals surface area contributed by atoms with Crippen molar-refractivity contribution in [3.05, 3.63) is 63.8 Å². The van der Waals surface area contributed by atoms with Gasteiger partial charge in [-0.25, -0.2) is 4.79 Å². The summed E-state index contributed by atoms with van der Waals surface area (Å²) in [5.74, 6) is -1.10. The number of anilines is 1. The van der Waals surface area contributed by atoms with Crippen LogP contribution in [0.4, 0.5) is 10.5 Å². The van der Waals surface area contributed by atoms with Crippen molar-refractivity contribution in [2.24, 2.45) is 0 Å². The molecule has 0 unspecified atom stereocenters. The highest BCUT2D eigenvalue weighted by Gasteiger charge is 2.18. The van der Waals surface area contributed by atoms with Crippen LogP contribution in [-0.4, -0.2) is 46.2 Å². The van der Waals surface area contributed by atoms with Crippen molar-refractivity contribution >= 4 is 51.8 Å². The number of amides is 2. The predicted octanol–water partition coefficient (Wildman–Crippen LogP) is 4.80. The SMILES string of the molecule is O=C(O)CNC(=O)Nc1ccc2c(c1)c(CN1CCCC1)cn2Cc1c(Cl)cccc1Cl. The Morgan fingerprint density at radius 3 is 2.44 bits per heavy atom. The van der Waals surface area contributed by atoms with Crippen molar-refractivity contribution in [2.75, 3.05) is 25.0 Å². The van der Waals surface area contributed by atoms with Crippen LogP contribution >= 0.6 is 23.2 Å². The van der Waals surface area contributed by atoms with E-state index >= 15 is 0 Å². The van der Waals surface area contributed by atoms with Crippen molar-refractivity contribution < 1.29 is 14.7 Å². The average molecular weight is 475 g/mol. The van der Waals surface area contributed by atoms with Crippen LogP contribution < -0.4 is 10.6 Å². The molecule has 0 bridgehead atoms. The second-order valence-corrected chi connectivity index (χ2v) is 8.71. The van der Waals surface area contributed by atoms with Gasteiger partial charge in [0.15, 0.2) is 0 Å². The van der Waals surface area contributed by atoms with Gasteiger partial charge in [-0.15, -0.1) is 0 Å². The van der Waals surface area contributed by atoms with E-state index in [-0.39, 0.29) is 0 Å². The molecular formula is C23H24Cl2N4O3. The first kappa shape index (κ1) is 22.5. The molecule has 2 amide bonds. The van der Waals surface area contributed by atoms with Gasteiger partial charge in [-0.1, -0.05) is 29.3 Å².